The minimum atomic E-state index is -1.26. The number of hydrogen-bond acceptors (Lipinski definition) is 7. The molecule has 0 atom stereocenters. The lowest BCUT2D eigenvalue weighted by Gasteiger charge is -2.31. The number of nitrogens with zero attached hydrogens (tertiary/aromatic N) is 4. The van der Waals surface area contributed by atoms with E-state index >= 15 is 0 Å². The van der Waals surface area contributed by atoms with E-state index in [0.29, 0.717) is 53.8 Å². The highest BCUT2D eigenvalue weighted by Crippen LogP contribution is 2.35. The maximum absolute atomic E-state index is 13.5. The van der Waals surface area contributed by atoms with Crippen LogP contribution in [0.1, 0.15) is 53.6 Å². The van der Waals surface area contributed by atoms with Crippen LogP contribution in [0, 0.1) is 6.92 Å². The number of aromatic carboxylic acids is 2. The largest absolute Gasteiger partial charge is 0.478 e. The van der Waals surface area contributed by atoms with E-state index in [1.165, 1.54) is 11.3 Å². The summed E-state index contributed by atoms with van der Waals surface area (Å²) >= 11 is 1.41. The van der Waals surface area contributed by atoms with E-state index in [2.05, 4.69) is 15.3 Å². The third-order valence-electron chi connectivity index (χ3n) is 8.48. The summed E-state index contributed by atoms with van der Waals surface area (Å²) in [6.07, 6.45) is 2.18. The number of para-hydroxylation sites is 1. The van der Waals surface area contributed by atoms with E-state index in [1.54, 1.807) is 31.3 Å². The second kappa shape index (κ2) is 12.2. The van der Waals surface area contributed by atoms with Gasteiger partial charge in [0, 0.05) is 48.2 Å². The zero-order valence-corrected chi connectivity index (χ0v) is 26.1. The zero-order chi connectivity index (χ0) is 32.7. The maximum atomic E-state index is 13.5. The number of nitrogens with one attached hydrogen (secondary N) is 1. The molecule has 47 heavy (non-hydrogen) atoms. The van der Waals surface area contributed by atoms with Crippen molar-refractivity contribution in [1.82, 2.24) is 14.5 Å². The Morgan fingerprint density at radius 2 is 1.66 bits per heavy atom. The molecule has 0 saturated carbocycles. The number of carboxylic acid groups (broad SMARTS) is 2. The molecule has 0 radical (unpaired) electrons. The molecule has 0 saturated heterocycles. The Balaban J connectivity index is 1.20. The number of carbonyl (C=O) groups is 3. The molecule has 10 nitrogen and oxygen atoms in total. The van der Waals surface area contributed by atoms with Gasteiger partial charge in [0.1, 0.15) is 5.82 Å². The number of fused-ring (bicyclic) bond motifs is 2. The number of carboxylic acids is 2. The third-order valence-corrected chi connectivity index (χ3v) is 9.43. The number of carbonyl (C=O) groups excluding carboxylic acids is 1. The normalized spacial score (nSPS) is 12.6. The molecule has 0 aliphatic carbocycles. The van der Waals surface area contributed by atoms with Gasteiger partial charge in [-0.3, -0.25) is 10.1 Å². The monoisotopic (exact) mass is 643 g/mol. The van der Waals surface area contributed by atoms with Crippen LogP contribution in [0.25, 0.3) is 21.3 Å². The Bertz CT molecular complexity index is 2160. The fourth-order valence-corrected chi connectivity index (χ4v) is 7.03. The second-order valence-corrected chi connectivity index (χ2v) is 12.4. The SMILES string of the molecule is Cc1c(-c2ccc(N3CCc4cccc(C(=O)Nc5nc6ccccc6s5)c4C3)nc2C(=O)O)c(C(=O)O)cn1Cc1ccccc1. The molecule has 3 N–H and O–H groups in total. The van der Waals surface area contributed by atoms with Crippen LogP contribution in [0.15, 0.2) is 91.1 Å². The first-order valence-electron chi connectivity index (χ1n) is 15.0. The van der Waals surface area contributed by atoms with E-state index in [0.717, 1.165) is 26.9 Å². The Kier molecular flexibility index (Phi) is 7.74. The second-order valence-electron chi connectivity index (χ2n) is 11.3. The number of rotatable bonds is 8. The lowest BCUT2D eigenvalue weighted by atomic mass is 9.94. The molecular weight excluding hydrogens is 614 g/mol. The molecule has 4 heterocycles. The molecule has 0 unspecified atom stereocenters. The van der Waals surface area contributed by atoms with E-state index in [9.17, 15) is 24.6 Å². The maximum Gasteiger partial charge on any atom is 0.355 e. The van der Waals surface area contributed by atoms with Crippen LogP contribution in [0.5, 0.6) is 0 Å². The van der Waals surface area contributed by atoms with Crippen molar-refractivity contribution in [2.75, 3.05) is 16.8 Å². The molecule has 6 aromatic rings. The Morgan fingerprint density at radius 1 is 0.872 bits per heavy atom. The van der Waals surface area contributed by atoms with Gasteiger partial charge in [0.25, 0.3) is 5.91 Å². The molecule has 1 amide bonds. The number of aromatic nitrogens is 3. The fourth-order valence-electron chi connectivity index (χ4n) is 6.17. The van der Waals surface area contributed by atoms with Gasteiger partial charge in [-0.05, 0) is 60.4 Å². The zero-order valence-electron chi connectivity index (χ0n) is 25.3. The first-order chi connectivity index (χ1) is 22.8. The highest BCUT2D eigenvalue weighted by atomic mass is 32.1. The van der Waals surface area contributed by atoms with Gasteiger partial charge in [0.15, 0.2) is 10.8 Å². The summed E-state index contributed by atoms with van der Waals surface area (Å²) in [7, 11) is 0. The van der Waals surface area contributed by atoms with Crippen LogP contribution in [-0.2, 0) is 19.5 Å². The molecule has 7 rings (SSSR count). The van der Waals surface area contributed by atoms with Gasteiger partial charge >= 0.3 is 11.9 Å². The standard InChI is InChI=1S/C36H29N5O5S/c1-21-31(27(34(43)44)20-41(21)18-22-8-3-2-4-9-22)25-14-15-30(38-32(25)35(45)46)40-17-16-23-10-7-11-24(26(23)19-40)33(42)39-36-37-28-12-5-6-13-29(28)47-36/h2-15,20H,16-19H2,1H3,(H,43,44)(H,45,46)(H,37,39,42). The fraction of sp³-hybridized carbons (Fsp3) is 0.139. The lowest BCUT2D eigenvalue weighted by Crippen LogP contribution is -2.33. The van der Waals surface area contributed by atoms with Crippen molar-refractivity contribution in [2.24, 2.45) is 0 Å². The van der Waals surface area contributed by atoms with Gasteiger partial charge in [-0.25, -0.2) is 19.6 Å². The van der Waals surface area contributed by atoms with Crippen molar-refractivity contribution in [3.05, 3.63) is 130 Å². The van der Waals surface area contributed by atoms with Crippen molar-refractivity contribution in [3.8, 4) is 11.1 Å². The summed E-state index contributed by atoms with van der Waals surface area (Å²) in [4.78, 5) is 49.5. The molecule has 1 aliphatic rings. The summed E-state index contributed by atoms with van der Waals surface area (Å²) in [5.41, 5.74) is 5.14. The highest BCUT2D eigenvalue weighted by Gasteiger charge is 2.28. The Labute approximate surface area is 273 Å². The van der Waals surface area contributed by atoms with E-state index < -0.39 is 11.9 Å². The number of hydrogen-bond donors (Lipinski definition) is 3. The number of amides is 1. The minimum Gasteiger partial charge on any atom is -0.478 e. The summed E-state index contributed by atoms with van der Waals surface area (Å²) in [6.45, 7) is 3.13. The number of thiazole rings is 1. The Morgan fingerprint density at radius 3 is 2.43 bits per heavy atom. The summed E-state index contributed by atoms with van der Waals surface area (Å²) in [5.74, 6) is -2.26. The summed E-state index contributed by atoms with van der Waals surface area (Å²) in [5, 5.41) is 23.8. The molecule has 0 spiro atoms. The third kappa shape index (κ3) is 5.72. The number of anilines is 2. The van der Waals surface area contributed by atoms with Gasteiger partial charge in [0.2, 0.25) is 0 Å². The average molecular weight is 644 g/mol. The first kappa shape index (κ1) is 29.9. The minimum absolute atomic E-state index is 0.00571. The predicted octanol–water partition coefficient (Wildman–Crippen LogP) is 6.73. The molecule has 234 valence electrons. The first-order valence-corrected chi connectivity index (χ1v) is 15.8. The molecule has 0 fully saturated rings. The molecular formula is C36H29N5O5S. The van der Waals surface area contributed by atoms with Gasteiger partial charge in [-0.1, -0.05) is 65.9 Å². The number of benzene rings is 3. The molecule has 3 aromatic heterocycles. The van der Waals surface area contributed by atoms with Gasteiger partial charge in [-0.2, -0.15) is 0 Å². The van der Waals surface area contributed by atoms with Crippen LogP contribution >= 0.6 is 11.3 Å². The van der Waals surface area contributed by atoms with Gasteiger partial charge in [0.05, 0.1) is 15.8 Å². The average Bonchev–Trinajstić information content (AvgIpc) is 3.64. The van der Waals surface area contributed by atoms with Crippen molar-refractivity contribution < 1.29 is 24.6 Å². The number of pyridine rings is 1. The van der Waals surface area contributed by atoms with Gasteiger partial charge < -0.3 is 19.7 Å². The van der Waals surface area contributed by atoms with Crippen molar-refractivity contribution >= 4 is 50.3 Å². The van der Waals surface area contributed by atoms with Crippen molar-refractivity contribution in [3.63, 3.8) is 0 Å². The lowest BCUT2D eigenvalue weighted by molar-refractivity contribution is 0.0681. The highest BCUT2D eigenvalue weighted by molar-refractivity contribution is 7.22. The van der Waals surface area contributed by atoms with Crippen molar-refractivity contribution in [2.45, 2.75) is 26.4 Å². The topological polar surface area (TPSA) is 138 Å². The smallest absolute Gasteiger partial charge is 0.355 e. The Hall–Kier alpha value is -5.81. The molecule has 3 aromatic carbocycles. The van der Waals surface area contributed by atoms with Gasteiger partial charge in [-0.15, -0.1) is 0 Å². The van der Waals surface area contributed by atoms with Crippen molar-refractivity contribution in [1.29, 1.82) is 0 Å². The van der Waals surface area contributed by atoms with Crippen LogP contribution in [-0.4, -0.2) is 49.1 Å². The predicted molar refractivity (Wildman–Crippen MR) is 181 cm³/mol. The van der Waals surface area contributed by atoms with Crippen LogP contribution in [0.3, 0.4) is 0 Å². The molecule has 1 aliphatic heterocycles. The van der Waals surface area contributed by atoms with E-state index in [1.807, 2.05) is 76.2 Å². The van der Waals surface area contributed by atoms with Crippen LogP contribution in [0.4, 0.5) is 10.9 Å². The van der Waals surface area contributed by atoms with E-state index in [4.69, 9.17) is 0 Å². The molecule has 0 bridgehead atoms. The summed E-state index contributed by atoms with van der Waals surface area (Å²) < 4.78 is 2.79. The van der Waals surface area contributed by atoms with Crippen LogP contribution in [0.2, 0.25) is 0 Å². The van der Waals surface area contributed by atoms with E-state index in [-0.39, 0.29) is 22.7 Å². The quantitative estimate of drug-likeness (QED) is 0.166. The van der Waals surface area contributed by atoms with Crippen LogP contribution < -0.4 is 10.2 Å². The molecule has 11 heteroatoms. The summed E-state index contributed by atoms with van der Waals surface area (Å²) in [6, 6.07) is 26.3.